The van der Waals surface area contributed by atoms with Crippen molar-refractivity contribution in [3.05, 3.63) is 28.0 Å². The number of piperidine rings is 1. The number of likely N-dealkylation sites (tertiary alicyclic amines) is 1. The average molecular weight is 347 g/mol. The zero-order valence-electron chi connectivity index (χ0n) is 14.4. The van der Waals surface area contributed by atoms with Gasteiger partial charge in [-0.25, -0.2) is 14.3 Å². The molecule has 136 valence electrons. The predicted octanol–water partition coefficient (Wildman–Crippen LogP) is 1.14. The summed E-state index contributed by atoms with van der Waals surface area (Å²) in [6.45, 7) is 3.20. The summed E-state index contributed by atoms with van der Waals surface area (Å²) in [4.78, 5) is 29.1. The van der Waals surface area contributed by atoms with Gasteiger partial charge in [0.1, 0.15) is 5.82 Å². The van der Waals surface area contributed by atoms with Gasteiger partial charge in [-0.15, -0.1) is 0 Å². The van der Waals surface area contributed by atoms with E-state index in [1.54, 1.807) is 4.68 Å². The van der Waals surface area contributed by atoms with Gasteiger partial charge in [0.2, 0.25) is 0 Å². The minimum Gasteiger partial charge on any atom is -0.377 e. The van der Waals surface area contributed by atoms with Gasteiger partial charge in [-0.3, -0.25) is 4.98 Å². The van der Waals surface area contributed by atoms with Gasteiger partial charge in [-0.1, -0.05) is 6.08 Å². The number of urea groups is 1. The lowest BCUT2D eigenvalue weighted by molar-refractivity contribution is 0.147. The highest BCUT2D eigenvalue weighted by Crippen LogP contribution is 2.37. The average Bonchev–Trinajstić information content (AvgIpc) is 3.43. The molecule has 2 aliphatic heterocycles. The van der Waals surface area contributed by atoms with Crippen LogP contribution in [-0.2, 0) is 4.74 Å². The first kappa shape index (κ1) is 16.4. The van der Waals surface area contributed by atoms with Crippen molar-refractivity contribution in [2.45, 2.75) is 44.1 Å². The van der Waals surface area contributed by atoms with Crippen LogP contribution in [-0.4, -0.2) is 58.5 Å². The largest absolute Gasteiger partial charge is 0.377 e. The highest BCUT2D eigenvalue weighted by Gasteiger charge is 2.30. The van der Waals surface area contributed by atoms with Gasteiger partial charge < -0.3 is 15.0 Å². The number of hydrogen-bond acceptors (Lipinski definition) is 4. The normalized spacial score (nSPS) is 21.9. The fraction of sp³-hybridized carbons (Fsp3) is 0.706. The first-order valence-corrected chi connectivity index (χ1v) is 9.18. The Morgan fingerprint density at radius 2 is 2.12 bits per heavy atom. The highest BCUT2D eigenvalue weighted by atomic mass is 16.5. The van der Waals surface area contributed by atoms with Crippen LogP contribution in [0.1, 0.15) is 49.9 Å². The number of hydrogen-bond donors (Lipinski definition) is 2. The van der Waals surface area contributed by atoms with E-state index in [-0.39, 0.29) is 17.8 Å². The van der Waals surface area contributed by atoms with Crippen LogP contribution >= 0.6 is 0 Å². The Labute approximate surface area is 146 Å². The fourth-order valence-electron chi connectivity index (χ4n) is 3.49. The van der Waals surface area contributed by atoms with Gasteiger partial charge in [0.05, 0.1) is 19.3 Å². The highest BCUT2D eigenvalue weighted by molar-refractivity contribution is 5.74. The van der Waals surface area contributed by atoms with Crippen LogP contribution < -0.4 is 11.0 Å². The van der Waals surface area contributed by atoms with Gasteiger partial charge in [-0.05, 0) is 37.7 Å². The third-order valence-corrected chi connectivity index (χ3v) is 5.17. The summed E-state index contributed by atoms with van der Waals surface area (Å²) < 4.78 is 6.97. The van der Waals surface area contributed by atoms with Crippen LogP contribution in [0.4, 0.5) is 4.79 Å². The molecule has 2 N–H and O–H groups in total. The summed E-state index contributed by atoms with van der Waals surface area (Å²) >= 11 is 0. The van der Waals surface area contributed by atoms with E-state index >= 15 is 0 Å². The Morgan fingerprint density at radius 3 is 2.80 bits per heavy atom. The molecule has 1 aromatic rings. The number of nitrogens with zero attached hydrogens (tertiary/aromatic N) is 3. The van der Waals surface area contributed by atoms with Crippen molar-refractivity contribution >= 4 is 6.03 Å². The molecule has 0 radical (unpaired) electrons. The van der Waals surface area contributed by atoms with Gasteiger partial charge in [-0.2, -0.15) is 5.10 Å². The van der Waals surface area contributed by atoms with E-state index in [0.29, 0.717) is 32.2 Å². The third kappa shape index (κ3) is 3.78. The van der Waals surface area contributed by atoms with Crippen LogP contribution in [0.25, 0.3) is 0 Å². The molecule has 4 rings (SSSR count). The van der Waals surface area contributed by atoms with Gasteiger partial charge in [0.15, 0.2) is 0 Å². The van der Waals surface area contributed by atoms with Gasteiger partial charge >= 0.3 is 11.7 Å². The molecular weight excluding hydrogens is 322 g/mol. The summed E-state index contributed by atoms with van der Waals surface area (Å²) in [6.07, 6.45) is 6.80. The van der Waals surface area contributed by atoms with Gasteiger partial charge in [0, 0.05) is 25.6 Å². The lowest BCUT2D eigenvalue weighted by atomic mass is 10.1. The lowest BCUT2D eigenvalue weighted by Crippen LogP contribution is -2.46. The second kappa shape index (κ2) is 7.03. The molecule has 8 heteroatoms. The van der Waals surface area contributed by atoms with Crippen molar-refractivity contribution in [2.75, 3.05) is 32.8 Å². The molecule has 0 aromatic carbocycles. The topological polar surface area (TPSA) is 92.2 Å². The molecule has 0 atom stereocenters. The molecule has 8 nitrogen and oxygen atoms in total. The number of aromatic nitrogens is 3. The molecule has 1 saturated heterocycles. The van der Waals surface area contributed by atoms with Crippen LogP contribution in [0.2, 0.25) is 0 Å². The van der Waals surface area contributed by atoms with Crippen molar-refractivity contribution in [3.8, 4) is 0 Å². The molecule has 0 spiro atoms. The molecule has 1 aromatic heterocycles. The number of ether oxygens (including phenoxy) is 1. The quantitative estimate of drug-likeness (QED) is 0.799. The lowest BCUT2D eigenvalue weighted by Gasteiger charge is -2.31. The molecule has 0 bridgehead atoms. The zero-order valence-corrected chi connectivity index (χ0v) is 14.4. The zero-order chi connectivity index (χ0) is 17.2. The van der Waals surface area contributed by atoms with Crippen LogP contribution in [0.3, 0.4) is 0 Å². The van der Waals surface area contributed by atoms with Crippen LogP contribution in [0, 0.1) is 0 Å². The van der Waals surface area contributed by atoms with Crippen LogP contribution in [0.15, 0.2) is 16.4 Å². The molecule has 1 aliphatic carbocycles. The van der Waals surface area contributed by atoms with E-state index < -0.39 is 0 Å². The van der Waals surface area contributed by atoms with Crippen LogP contribution in [0.5, 0.6) is 0 Å². The summed E-state index contributed by atoms with van der Waals surface area (Å²) in [5, 5.41) is 7.43. The Morgan fingerprint density at radius 1 is 1.32 bits per heavy atom. The maximum absolute atomic E-state index is 12.3. The van der Waals surface area contributed by atoms with Crippen molar-refractivity contribution in [3.63, 3.8) is 0 Å². The number of aromatic amines is 1. The minimum absolute atomic E-state index is 0.0435. The summed E-state index contributed by atoms with van der Waals surface area (Å²) in [5.41, 5.74) is 1.01. The van der Waals surface area contributed by atoms with E-state index in [4.69, 9.17) is 4.74 Å². The second-order valence-electron chi connectivity index (χ2n) is 7.11. The number of rotatable bonds is 4. The van der Waals surface area contributed by atoms with E-state index in [9.17, 15) is 9.59 Å². The van der Waals surface area contributed by atoms with E-state index in [1.165, 1.54) is 0 Å². The molecule has 3 aliphatic rings. The van der Waals surface area contributed by atoms with Crippen molar-refractivity contribution in [2.24, 2.45) is 0 Å². The van der Waals surface area contributed by atoms with Crippen molar-refractivity contribution in [1.82, 2.24) is 25.0 Å². The molecule has 3 heterocycles. The number of amides is 2. The summed E-state index contributed by atoms with van der Waals surface area (Å²) in [5.74, 6) is 1.27. The minimum atomic E-state index is -0.117. The maximum atomic E-state index is 12.3. The molecule has 2 amide bonds. The number of nitrogens with one attached hydrogen (secondary N) is 2. The summed E-state index contributed by atoms with van der Waals surface area (Å²) in [6, 6.07) is 0.0349. The van der Waals surface area contributed by atoms with Crippen molar-refractivity contribution < 1.29 is 9.53 Å². The fourth-order valence-corrected chi connectivity index (χ4v) is 3.49. The summed E-state index contributed by atoms with van der Waals surface area (Å²) in [7, 11) is 0. The van der Waals surface area contributed by atoms with E-state index in [0.717, 1.165) is 50.1 Å². The molecule has 1 saturated carbocycles. The molecule has 0 unspecified atom stereocenters. The SMILES string of the molecule is O=C(NCC1=CCCOC1)N1CCC(n2nc(C3CC3)[nH]c2=O)CC1. The Hall–Kier alpha value is -2.09. The molecule has 25 heavy (non-hydrogen) atoms. The van der Waals surface area contributed by atoms with E-state index in [2.05, 4.69) is 21.5 Å². The van der Waals surface area contributed by atoms with Crippen molar-refractivity contribution in [1.29, 1.82) is 0 Å². The monoisotopic (exact) mass is 347 g/mol. The number of carbonyl (C=O) groups excluding carboxylic acids is 1. The predicted molar refractivity (Wildman–Crippen MR) is 91.6 cm³/mol. The maximum Gasteiger partial charge on any atom is 0.343 e. The molecular formula is C17H25N5O3. The molecule has 2 fully saturated rings. The third-order valence-electron chi connectivity index (χ3n) is 5.17. The standard InChI is InChI=1S/C17H25N5O3/c23-16(18-10-12-2-1-9-25-11-12)21-7-5-14(6-8-21)22-17(24)19-15(20-22)13-3-4-13/h2,13-14H,1,3-11H2,(H,18,23)(H,19,20,24). The second-order valence-corrected chi connectivity index (χ2v) is 7.11. The number of H-pyrrole nitrogens is 1. The Balaban J connectivity index is 1.28. The Kier molecular flexibility index (Phi) is 4.61. The van der Waals surface area contributed by atoms with E-state index in [1.807, 2.05) is 4.90 Å². The first-order chi connectivity index (χ1) is 12.2. The Bertz CT molecular complexity index is 710. The smallest absolute Gasteiger partial charge is 0.343 e. The first-order valence-electron chi connectivity index (χ1n) is 9.18. The number of carbonyl (C=O) groups is 1. The van der Waals surface area contributed by atoms with Gasteiger partial charge in [0.25, 0.3) is 0 Å².